The lowest BCUT2D eigenvalue weighted by Gasteiger charge is -2.28. The molecule has 0 aliphatic heterocycles. The summed E-state index contributed by atoms with van der Waals surface area (Å²) >= 11 is 0. The van der Waals surface area contributed by atoms with E-state index in [9.17, 15) is 5.11 Å². The first-order chi connectivity index (χ1) is 44.8. The van der Waals surface area contributed by atoms with E-state index in [4.69, 9.17) is 61.6 Å². The minimum Gasteiger partial charge on any atom is -0.507 e. The Balaban J connectivity index is 0.00000142. The van der Waals surface area contributed by atoms with Gasteiger partial charge in [0, 0.05) is 64.9 Å². The van der Waals surface area contributed by atoms with Gasteiger partial charge in [-0.2, -0.15) is 0 Å². The number of phenolic OH excluding ortho intramolecular Hbond substituents is 1. The highest BCUT2D eigenvalue weighted by molar-refractivity contribution is 5.55. The van der Waals surface area contributed by atoms with Crippen LogP contribution in [0.3, 0.4) is 0 Å². The molecule has 7 aromatic rings. The molecule has 548 valence electrons. The predicted molar refractivity (Wildman–Crippen MR) is 405 cm³/mol. The second kappa shape index (κ2) is 50.2. The van der Waals surface area contributed by atoms with Crippen LogP contribution in [-0.4, -0.2) is 74.4 Å². The summed E-state index contributed by atoms with van der Waals surface area (Å²) in [5.41, 5.74) is 12.5. The molecule has 3 atom stereocenters. The molecule has 3 unspecified atom stereocenters. The van der Waals surface area contributed by atoms with Crippen molar-refractivity contribution in [2.45, 2.75) is 214 Å². The third-order valence-corrected chi connectivity index (χ3v) is 16.9. The van der Waals surface area contributed by atoms with E-state index in [2.05, 4.69) is 114 Å². The molecule has 1 saturated carbocycles. The first-order valence-corrected chi connectivity index (χ1v) is 32.5. The lowest BCUT2D eigenvalue weighted by Crippen LogP contribution is -2.26. The number of methoxy groups -OCH3 is 7. The van der Waals surface area contributed by atoms with Gasteiger partial charge in [-0.1, -0.05) is 159 Å². The van der Waals surface area contributed by atoms with Crippen LogP contribution in [0.2, 0.25) is 0 Å². The number of hydrogen-bond acceptors (Lipinski definition) is 14. The molecule has 0 heterocycles. The molecule has 1 aliphatic rings. The van der Waals surface area contributed by atoms with E-state index in [-0.39, 0.29) is 56.4 Å². The van der Waals surface area contributed by atoms with Gasteiger partial charge in [-0.3, -0.25) is 0 Å². The molecule has 1 fully saturated rings. The number of rotatable bonds is 35. The van der Waals surface area contributed by atoms with Crippen LogP contribution >= 0.6 is 0 Å². The molecule has 0 spiro atoms. The zero-order valence-corrected chi connectivity index (χ0v) is 57.1. The van der Waals surface area contributed by atoms with Gasteiger partial charge in [-0.05, 0) is 174 Å². The van der Waals surface area contributed by atoms with Crippen LogP contribution < -0.4 is 28.4 Å². The number of benzene rings is 7. The maximum Gasteiger partial charge on any atom is 0.189 e. The van der Waals surface area contributed by atoms with E-state index in [1.54, 1.807) is 49.8 Å². The van der Waals surface area contributed by atoms with Crippen molar-refractivity contribution in [1.29, 1.82) is 0 Å². The average molecular weight is 1360 g/mol. The second-order valence-corrected chi connectivity index (χ2v) is 23.7. The van der Waals surface area contributed by atoms with E-state index in [0.29, 0.717) is 101 Å². The summed E-state index contributed by atoms with van der Waals surface area (Å²) in [6.45, 7) is 18.3. The van der Waals surface area contributed by atoms with Crippen molar-refractivity contribution in [3.63, 3.8) is 0 Å². The number of aromatic hydroxyl groups is 1. The Morgan fingerprint density at radius 2 is 0.704 bits per heavy atom. The molecule has 0 radical (unpaired) electrons. The van der Waals surface area contributed by atoms with Gasteiger partial charge in [-0.15, -0.1) is 0 Å². The maximum atomic E-state index is 10.3. The third kappa shape index (κ3) is 29.4. The molecule has 8 rings (SSSR count). The van der Waals surface area contributed by atoms with Crippen LogP contribution in [0.5, 0.6) is 40.2 Å². The number of ether oxygens (including phenoxy) is 13. The van der Waals surface area contributed by atoms with Crippen molar-refractivity contribution >= 4 is 0 Å². The normalized spacial score (nSPS) is 13.7. The number of hydrogen-bond donors (Lipinski definition) is 1. The summed E-state index contributed by atoms with van der Waals surface area (Å²) in [5.74, 6) is 7.47. The molecule has 0 saturated heterocycles. The fourth-order valence-electron chi connectivity index (χ4n) is 10.8. The van der Waals surface area contributed by atoms with Gasteiger partial charge in [0.1, 0.15) is 60.1 Å². The fourth-order valence-corrected chi connectivity index (χ4v) is 10.8. The molecule has 0 bridgehead atoms. The van der Waals surface area contributed by atoms with E-state index in [1.165, 1.54) is 16.7 Å². The first kappa shape index (κ1) is 90.9. The Bertz CT molecular complexity index is 3110. The van der Waals surface area contributed by atoms with Crippen molar-refractivity contribution in [2.75, 3.05) is 63.2 Å². The van der Waals surface area contributed by atoms with Crippen LogP contribution in [0.25, 0.3) is 0 Å². The zero-order chi connectivity index (χ0) is 66.0. The minimum absolute atomic E-state index is 0. The molecule has 0 amide bonds. The molecule has 14 nitrogen and oxygen atoms in total. The van der Waals surface area contributed by atoms with Crippen molar-refractivity contribution in [2.24, 2.45) is 5.92 Å². The third-order valence-electron chi connectivity index (χ3n) is 16.9. The van der Waals surface area contributed by atoms with Gasteiger partial charge in [0.25, 0.3) is 0 Å². The minimum atomic E-state index is 0. The van der Waals surface area contributed by atoms with Gasteiger partial charge in [0.2, 0.25) is 0 Å². The quantitative estimate of drug-likeness (QED) is 0.0377. The second-order valence-electron chi connectivity index (χ2n) is 23.7. The average Bonchev–Trinajstić information content (AvgIpc) is 0.797. The lowest BCUT2D eigenvalue weighted by molar-refractivity contribution is -0.0568. The molecule has 0 aromatic heterocycles. The van der Waals surface area contributed by atoms with E-state index < -0.39 is 0 Å². The molecule has 98 heavy (non-hydrogen) atoms. The Morgan fingerprint density at radius 1 is 0.357 bits per heavy atom. The Labute approximate surface area is 593 Å². The molecular weight excluding hydrogens is 1230 g/mol. The smallest absolute Gasteiger partial charge is 0.189 e. The highest BCUT2D eigenvalue weighted by atomic mass is 16.7. The molecule has 1 aliphatic carbocycles. The van der Waals surface area contributed by atoms with Crippen LogP contribution in [0.15, 0.2) is 140 Å². The SMILES string of the molecule is C.C.C.C.C.C.CCC(C)c1ccc(OCOC2CCC(COc3ccc(COC)cc3)CC2)cc1.CCC(C)c1ccc(OCc2cc(COC)c(O)c(COC)c2)cc1.CCC(C)c1ccc(OCc2ccc(COc3c(COC)cc(COC)c(OC)c3COC)cc2)cc1. The van der Waals surface area contributed by atoms with E-state index >= 15 is 0 Å². The van der Waals surface area contributed by atoms with Crippen molar-refractivity contribution < 1.29 is 66.7 Å². The highest BCUT2D eigenvalue weighted by Crippen LogP contribution is 2.39. The highest BCUT2D eigenvalue weighted by Gasteiger charge is 2.24. The van der Waals surface area contributed by atoms with Gasteiger partial charge in [0.05, 0.1) is 65.0 Å². The fraction of sp³-hybridized carbons (Fsp3) is 0.500. The molecule has 7 aromatic carbocycles. The lowest BCUT2D eigenvalue weighted by atomic mass is 9.88. The van der Waals surface area contributed by atoms with Crippen LogP contribution in [0.4, 0.5) is 0 Å². The van der Waals surface area contributed by atoms with E-state index in [1.807, 2.05) is 66.7 Å². The van der Waals surface area contributed by atoms with Crippen LogP contribution in [0, 0.1) is 5.92 Å². The van der Waals surface area contributed by atoms with Crippen LogP contribution in [-0.2, 0) is 92.6 Å². The molecule has 14 heteroatoms. The summed E-state index contributed by atoms with van der Waals surface area (Å²) in [7, 11) is 11.6. The van der Waals surface area contributed by atoms with Gasteiger partial charge >= 0.3 is 0 Å². The summed E-state index contributed by atoms with van der Waals surface area (Å²) in [5, 5.41) is 10.3. The van der Waals surface area contributed by atoms with Gasteiger partial charge in [-0.25, -0.2) is 0 Å². The molecular formula is C84H128O14. The summed E-state index contributed by atoms with van der Waals surface area (Å²) in [6, 6.07) is 47.3. The first-order valence-electron chi connectivity index (χ1n) is 32.5. The zero-order valence-electron chi connectivity index (χ0n) is 57.1. The Kier molecular flexibility index (Phi) is 46.6. The molecule has 1 N–H and O–H groups in total. The summed E-state index contributed by atoms with van der Waals surface area (Å²) < 4.78 is 73.4. The maximum absolute atomic E-state index is 10.3. The standard InChI is InChI=1S/C31H40O6.C26H36O4.C21H28O4.6CH4/c1-7-22(2)25-12-14-28(15-13-25)36-17-23-8-10-24(11-9-23)18-37-31-27(20-33-4)16-26(19-32-3)30(35-6)29(31)21-34-5;1-4-20(2)23-9-15-26(16-10-23)30-19-29-25-13-7-22(8-14-25)18-28-24-11-5-21(6-12-24)17-27-3;1-5-15(2)17-6-8-20(9-7-17)25-12-16-10-18(13-23-3)21(22)19(11-16)14-24-4;;;;;;/h8-16,22H,7,17-21H2,1-6H3;5-6,9-12,15-16,20,22,25H,4,7-8,13-14,17-19H2,1-3H3;6-11,15,22H,5,12-14H2,1-4H3;6*1H4. The van der Waals surface area contributed by atoms with E-state index in [0.717, 1.165) is 125 Å². The Morgan fingerprint density at radius 3 is 1.11 bits per heavy atom. The summed E-state index contributed by atoms with van der Waals surface area (Å²) in [6.07, 6.45) is 8.09. The summed E-state index contributed by atoms with van der Waals surface area (Å²) in [4.78, 5) is 0. The largest absolute Gasteiger partial charge is 0.507 e. The van der Waals surface area contributed by atoms with Crippen molar-refractivity contribution in [3.8, 4) is 40.2 Å². The van der Waals surface area contributed by atoms with Crippen molar-refractivity contribution in [3.05, 3.63) is 206 Å². The van der Waals surface area contributed by atoms with Gasteiger partial charge in [0.15, 0.2) is 6.79 Å². The monoisotopic (exact) mass is 1360 g/mol. The predicted octanol–water partition coefficient (Wildman–Crippen LogP) is 21.7. The number of phenols is 1. The van der Waals surface area contributed by atoms with Gasteiger partial charge < -0.3 is 66.7 Å². The topological polar surface area (TPSA) is 140 Å². The van der Waals surface area contributed by atoms with Crippen LogP contribution in [0.1, 0.15) is 216 Å². The van der Waals surface area contributed by atoms with Crippen molar-refractivity contribution in [1.82, 2.24) is 0 Å². The Hall–Kier alpha value is -7.14.